The normalized spacial score (nSPS) is 14.9. The summed E-state index contributed by atoms with van der Waals surface area (Å²) in [6.45, 7) is 5.94. The Hall–Kier alpha value is -2.35. The molecule has 0 bridgehead atoms. The lowest BCUT2D eigenvalue weighted by Crippen LogP contribution is -2.32. The number of ketones is 1. The molecule has 0 spiro atoms. The fourth-order valence-electron chi connectivity index (χ4n) is 3.44. The minimum atomic E-state index is 0.380. The van der Waals surface area contributed by atoms with Gasteiger partial charge in [-0.25, -0.2) is 0 Å². The second-order valence-corrected chi connectivity index (χ2v) is 6.50. The molecule has 0 unspecified atom stereocenters. The molecular formula is C22H25NO. The van der Waals surface area contributed by atoms with Crippen LogP contribution in [0.15, 0.2) is 72.9 Å². The molecule has 24 heavy (non-hydrogen) atoms. The van der Waals surface area contributed by atoms with Crippen molar-refractivity contribution in [3.63, 3.8) is 0 Å². The van der Waals surface area contributed by atoms with Crippen LogP contribution in [0, 0.1) is 0 Å². The molecule has 2 heteroatoms. The van der Waals surface area contributed by atoms with Crippen LogP contribution in [-0.4, -0.2) is 23.8 Å². The topological polar surface area (TPSA) is 20.3 Å². The predicted octanol–water partition coefficient (Wildman–Crippen LogP) is 4.78. The number of benzene rings is 2. The van der Waals surface area contributed by atoms with Crippen LogP contribution in [-0.2, 0) is 4.79 Å². The maximum Gasteiger partial charge on any atom is 0.136 e. The van der Waals surface area contributed by atoms with Crippen molar-refractivity contribution in [2.75, 3.05) is 13.1 Å². The van der Waals surface area contributed by atoms with Gasteiger partial charge in [-0.05, 0) is 24.0 Å². The van der Waals surface area contributed by atoms with Crippen LogP contribution in [0.1, 0.15) is 42.7 Å². The van der Waals surface area contributed by atoms with E-state index in [2.05, 4.69) is 72.1 Å². The molecule has 1 fully saturated rings. The molecule has 1 heterocycles. The van der Waals surface area contributed by atoms with Gasteiger partial charge >= 0.3 is 0 Å². The van der Waals surface area contributed by atoms with E-state index in [0.29, 0.717) is 24.5 Å². The number of nitrogens with zero attached hydrogens (tertiary/aromatic N) is 1. The highest BCUT2D eigenvalue weighted by Crippen LogP contribution is 2.31. The number of hydrogen-bond acceptors (Lipinski definition) is 2. The van der Waals surface area contributed by atoms with E-state index >= 15 is 0 Å². The third-order valence-corrected chi connectivity index (χ3v) is 4.89. The van der Waals surface area contributed by atoms with Gasteiger partial charge in [-0.1, -0.05) is 67.2 Å². The molecule has 0 N–H and O–H groups in total. The van der Waals surface area contributed by atoms with Gasteiger partial charge < -0.3 is 4.90 Å². The maximum absolute atomic E-state index is 11.4. The lowest BCUT2D eigenvalue weighted by molar-refractivity contribution is -0.121. The van der Waals surface area contributed by atoms with Gasteiger partial charge in [0.15, 0.2) is 0 Å². The van der Waals surface area contributed by atoms with Gasteiger partial charge in [0.1, 0.15) is 5.78 Å². The summed E-state index contributed by atoms with van der Waals surface area (Å²) in [5.41, 5.74) is 3.87. The third-order valence-electron chi connectivity index (χ3n) is 4.89. The van der Waals surface area contributed by atoms with Crippen molar-refractivity contribution in [2.45, 2.75) is 31.6 Å². The van der Waals surface area contributed by atoms with Gasteiger partial charge in [-0.2, -0.15) is 0 Å². The van der Waals surface area contributed by atoms with Crippen LogP contribution in [0.4, 0.5) is 0 Å². The van der Waals surface area contributed by atoms with Crippen LogP contribution >= 0.6 is 0 Å². The average molecular weight is 319 g/mol. The molecular weight excluding hydrogens is 294 g/mol. The number of rotatable bonds is 6. The van der Waals surface area contributed by atoms with Crippen molar-refractivity contribution >= 4 is 5.78 Å². The van der Waals surface area contributed by atoms with E-state index in [0.717, 1.165) is 25.9 Å². The Kier molecular flexibility index (Phi) is 5.47. The quantitative estimate of drug-likeness (QED) is 0.764. The molecule has 124 valence electrons. The molecule has 0 atom stereocenters. The molecule has 0 aliphatic carbocycles. The summed E-state index contributed by atoms with van der Waals surface area (Å²) in [6.07, 6.45) is 3.33. The minimum absolute atomic E-state index is 0.380. The summed E-state index contributed by atoms with van der Waals surface area (Å²) in [7, 11) is 0. The van der Waals surface area contributed by atoms with E-state index in [1.165, 1.54) is 16.8 Å². The average Bonchev–Trinajstić information content (AvgIpc) is 2.64. The van der Waals surface area contributed by atoms with Gasteiger partial charge in [0.25, 0.3) is 0 Å². The monoisotopic (exact) mass is 319 g/mol. The van der Waals surface area contributed by atoms with Crippen LogP contribution in [0.5, 0.6) is 0 Å². The Morgan fingerprint density at radius 2 is 1.42 bits per heavy atom. The van der Waals surface area contributed by atoms with Crippen molar-refractivity contribution in [3.8, 4) is 0 Å². The molecule has 0 saturated carbocycles. The Bertz CT molecular complexity index is 628. The van der Waals surface area contributed by atoms with Gasteiger partial charge in [-0.15, -0.1) is 0 Å². The van der Waals surface area contributed by atoms with E-state index in [9.17, 15) is 4.79 Å². The minimum Gasteiger partial charge on any atom is -0.374 e. The number of carbonyl (C=O) groups excluding carboxylic acids is 1. The van der Waals surface area contributed by atoms with Crippen molar-refractivity contribution in [2.24, 2.45) is 0 Å². The number of carbonyl (C=O) groups is 1. The van der Waals surface area contributed by atoms with Gasteiger partial charge in [-0.3, -0.25) is 4.79 Å². The Morgan fingerprint density at radius 1 is 0.917 bits per heavy atom. The molecule has 1 saturated heterocycles. The highest BCUT2D eigenvalue weighted by Gasteiger charge is 2.19. The van der Waals surface area contributed by atoms with Gasteiger partial charge in [0.2, 0.25) is 0 Å². The zero-order valence-electron chi connectivity index (χ0n) is 14.2. The Labute approximate surface area is 144 Å². The fraction of sp³-hybridized carbons (Fsp3) is 0.318. The highest BCUT2D eigenvalue weighted by atomic mass is 16.1. The van der Waals surface area contributed by atoms with Crippen molar-refractivity contribution in [3.05, 3.63) is 84.1 Å². The van der Waals surface area contributed by atoms with Gasteiger partial charge in [0, 0.05) is 37.5 Å². The molecule has 2 aromatic carbocycles. The maximum atomic E-state index is 11.4. The molecule has 0 aromatic heterocycles. The van der Waals surface area contributed by atoms with E-state index in [4.69, 9.17) is 0 Å². The van der Waals surface area contributed by atoms with E-state index in [1.807, 2.05) is 0 Å². The molecule has 2 nitrogen and oxygen atoms in total. The predicted molar refractivity (Wildman–Crippen MR) is 98.9 cm³/mol. The van der Waals surface area contributed by atoms with Crippen molar-refractivity contribution < 1.29 is 4.79 Å². The standard InChI is InChI=1S/C22H25NO/c1-18(23-16-14-21(24)15-17-23)12-13-22(19-8-4-2-5-9-19)20-10-6-3-7-11-20/h2-11,22H,1,12-17H2. The largest absolute Gasteiger partial charge is 0.374 e. The summed E-state index contributed by atoms with van der Waals surface area (Å²) in [5.74, 6) is 0.765. The number of hydrogen-bond donors (Lipinski definition) is 0. The lowest BCUT2D eigenvalue weighted by Gasteiger charge is -2.30. The second-order valence-electron chi connectivity index (χ2n) is 6.50. The summed E-state index contributed by atoms with van der Waals surface area (Å²) in [5, 5.41) is 0. The van der Waals surface area contributed by atoms with Crippen LogP contribution in [0.25, 0.3) is 0 Å². The molecule has 0 amide bonds. The summed E-state index contributed by atoms with van der Waals surface area (Å²) in [6, 6.07) is 21.4. The van der Waals surface area contributed by atoms with Crippen molar-refractivity contribution in [1.29, 1.82) is 0 Å². The summed E-state index contributed by atoms with van der Waals surface area (Å²) >= 11 is 0. The smallest absolute Gasteiger partial charge is 0.136 e. The first kappa shape index (κ1) is 16.5. The van der Waals surface area contributed by atoms with Crippen LogP contribution in [0.3, 0.4) is 0 Å². The third kappa shape index (κ3) is 4.14. The summed E-state index contributed by atoms with van der Waals surface area (Å²) < 4.78 is 0. The molecule has 1 aliphatic rings. The van der Waals surface area contributed by atoms with E-state index < -0.39 is 0 Å². The highest BCUT2D eigenvalue weighted by molar-refractivity contribution is 5.79. The first-order valence-corrected chi connectivity index (χ1v) is 8.78. The summed E-state index contributed by atoms with van der Waals surface area (Å²) in [4.78, 5) is 13.7. The number of likely N-dealkylation sites (tertiary alicyclic amines) is 1. The SMILES string of the molecule is C=C(CCC(c1ccccc1)c1ccccc1)N1CCC(=O)CC1. The van der Waals surface area contributed by atoms with Crippen LogP contribution in [0.2, 0.25) is 0 Å². The number of Topliss-reactive ketones (excluding diaryl/α,β-unsaturated/α-hetero) is 1. The fourth-order valence-corrected chi connectivity index (χ4v) is 3.44. The second kappa shape index (κ2) is 7.96. The number of piperidine rings is 1. The molecule has 3 rings (SSSR count). The zero-order valence-corrected chi connectivity index (χ0v) is 14.2. The lowest BCUT2D eigenvalue weighted by atomic mass is 9.87. The molecule has 2 aromatic rings. The number of allylic oxidation sites excluding steroid dienone is 1. The van der Waals surface area contributed by atoms with E-state index in [-0.39, 0.29) is 0 Å². The Morgan fingerprint density at radius 3 is 1.92 bits per heavy atom. The van der Waals surface area contributed by atoms with Crippen LogP contribution < -0.4 is 0 Å². The molecule has 0 radical (unpaired) electrons. The van der Waals surface area contributed by atoms with Gasteiger partial charge in [0.05, 0.1) is 0 Å². The van der Waals surface area contributed by atoms with E-state index in [1.54, 1.807) is 0 Å². The first-order valence-electron chi connectivity index (χ1n) is 8.78. The van der Waals surface area contributed by atoms with Crippen molar-refractivity contribution in [1.82, 2.24) is 4.90 Å². The first-order chi connectivity index (χ1) is 11.7. The Balaban J connectivity index is 1.69. The molecule has 1 aliphatic heterocycles. The zero-order chi connectivity index (χ0) is 16.8.